The van der Waals surface area contributed by atoms with Gasteiger partial charge in [-0.2, -0.15) is 5.26 Å². The number of rotatable bonds is 1. The van der Waals surface area contributed by atoms with Crippen LogP contribution >= 0.6 is 0 Å². The van der Waals surface area contributed by atoms with E-state index < -0.39 is 5.82 Å². The van der Waals surface area contributed by atoms with Crippen molar-refractivity contribution in [2.45, 2.75) is 6.54 Å². The molecule has 11 heavy (non-hydrogen) atoms. The van der Waals surface area contributed by atoms with Crippen molar-refractivity contribution in [1.29, 1.82) is 5.26 Å². The van der Waals surface area contributed by atoms with Crippen LogP contribution in [0.25, 0.3) is 0 Å². The molecular weight excluding hydrogens is 145 g/mol. The van der Waals surface area contributed by atoms with Crippen molar-refractivity contribution in [1.82, 2.24) is 4.98 Å². The van der Waals surface area contributed by atoms with Crippen LogP contribution in [0.15, 0.2) is 12.3 Å². The summed E-state index contributed by atoms with van der Waals surface area (Å²) in [5.74, 6) is -0.522. The van der Waals surface area contributed by atoms with Gasteiger partial charge in [-0.15, -0.1) is 0 Å². The average Bonchev–Trinajstić information content (AvgIpc) is 2.04. The number of nitrogens with two attached hydrogens (primary N) is 1. The zero-order chi connectivity index (χ0) is 8.27. The Labute approximate surface area is 63.3 Å². The quantitative estimate of drug-likeness (QED) is 0.637. The fourth-order valence-electron chi connectivity index (χ4n) is 0.678. The molecule has 0 amide bonds. The minimum atomic E-state index is -0.522. The molecule has 0 bridgehead atoms. The highest BCUT2D eigenvalue weighted by molar-refractivity contribution is 5.27. The maximum absolute atomic E-state index is 12.7. The lowest BCUT2D eigenvalue weighted by Crippen LogP contribution is -2.02. The van der Waals surface area contributed by atoms with Crippen LogP contribution < -0.4 is 5.73 Å². The molecule has 0 radical (unpaired) electrons. The largest absolute Gasteiger partial charge is 0.325 e. The first kappa shape index (κ1) is 7.63. The van der Waals surface area contributed by atoms with Gasteiger partial charge in [0.25, 0.3) is 0 Å². The van der Waals surface area contributed by atoms with Gasteiger partial charge in [-0.3, -0.25) is 4.98 Å². The molecule has 0 aliphatic carbocycles. The first-order valence-electron chi connectivity index (χ1n) is 3.02. The summed E-state index contributed by atoms with van der Waals surface area (Å²) in [7, 11) is 0. The standard InChI is InChI=1S/C7H6FN3/c8-6-1-5(2-9)4-11-7(6)3-10/h1,4H,3,10H2. The molecule has 1 heterocycles. The Bertz CT molecular complexity index is 303. The smallest absolute Gasteiger partial charge is 0.147 e. The molecule has 1 rings (SSSR count). The summed E-state index contributed by atoms with van der Waals surface area (Å²) in [6, 6.07) is 2.90. The summed E-state index contributed by atoms with van der Waals surface area (Å²) in [6.45, 7) is 0.0531. The number of pyridine rings is 1. The summed E-state index contributed by atoms with van der Waals surface area (Å²) < 4.78 is 12.7. The molecule has 0 saturated heterocycles. The lowest BCUT2D eigenvalue weighted by molar-refractivity contribution is 0.599. The van der Waals surface area contributed by atoms with Crippen molar-refractivity contribution in [3.8, 4) is 6.07 Å². The molecule has 0 unspecified atom stereocenters. The Hall–Kier alpha value is -1.47. The van der Waals surface area contributed by atoms with Crippen LogP contribution in [0.1, 0.15) is 11.3 Å². The van der Waals surface area contributed by atoms with E-state index in [0.29, 0.717) is 0 Å². The van der Waals surface area contributed by atoms with Crippen molar-refractivity contribution in [2.75, 3.05) is 0 Å². The fourth-order valence-corrected chi connectivity index (χ4v) is 0.678. The lowest BCUT2D eigenvalue weighted by Gasteiger charge is -1.96. The van der Waals surface area contributed by atoms with Gasteiger partial charge < -0.3 is 5.73 Å². The van der Waals surface area contributed by atoms with Crippen LogP contribution in [0.3, 0.4) is 0 Å². The molecule has 4 heteroatoms. The second kappa shape index (κ2) is 3.08. The number of nitriles is 1. The molecule has 0 aliphatic heterocycles. The first-order chi connectivity index (χ1) is 5.27. The monoisotopic (exact) mass is 151 g/mol. The summed E-state index contributed by atoms with van der Waals surface area (Å²) in [5, 5.41) is 8.34. The van der Waals surface area contributed by atoms with Crippen LogP contribution in [0.5, 0.6) is 0 Å². The zero-order valence-corrected chi connectivity index (χ0v) is 5.71. The Kier molecular flexibility index (Phi) is 2.14. The summed E-state index contributed by atoms with van der Waals surface area (Å²) in [6.07, 6.45) is 1.30. The van der Waals surface area contributed by atoms with Crippen molar-refractivity contribution in [3.63, 3.8) is 0 Å². The highest BCUT2D eigenvalue weighted by Crippen LogP contribution is 2.04. The van der Waals surface area contributed by atoms with E-state index in [1.165, 1.54) is 6.20 Å². The second-order valence-electron chi connectivity index (χ2n) is 1.97. The number of hydrogen-bond donors (Lipinski definition) is 1. The van der Waals surface area contributed by atoms with E-state index in [-0.39, 0.29) is 17.8 Å². The number of halogens is 1. The molecule has 3 nitrogen and oxygen atoms in total. The van der Waals surface area contributed by atoms with Crippen LogP contribution in [0.2, 0.25) is 0 Å². The maximum atomic E-state index is 12.7. The third-order valence-corrected chi connectivity index (χ3v) is 1.24. The molecule has 0 fully saturated rings. The molecule has 0 saturated carbocycles. The van der Waals surface area contributed by atoms with Gasteiger partial charge in [-0.1, -0.05) is 0 Å². The van der Waals surface area contributed by atoms with Crippen LogP contribution in [0.4, 0.5) is 4.39 Å². The van der Waals surface area contributed by atoms with Crippen LogP contribution in [-0.2, 0) is 6.54 Å². The van der Waals surface area contributed by atoms with Crippen molar-refractivity contribution >= 4 is 0 Å². The Morgan fingerprint density at radius 2 is 2.45 bits per heavy atom. The minimum Gasteiger partial charge on any atom is -0.325 e. The molecule has 1 aromatic rings. The van der Waals surface area contributed by atoms with E-state index in [4.69, 9.17) is 11.0 Å². The van der Waals surface area contributed by atoms with Crippen molar-refractivity contribution in [3.05, 3.63) is 29.3 Å². The molecule has 0 atom stereocenters. The summed E-state index contributed by atoms with van der Waals surface area (Å²) in [5.41, 5.74) is 5.55. The molecule has 0 aliphatic rings. The Morgan fingerprint density at radius 1 is 1.73 bits per heavy atom. The number of aromatic nitrogens is 1. The number of hydrogen-bond acceptors (Lipinski definition) is 3. The van der Waals surface area contributed by atoms with Gasteiger partial charge in [0, 0.05) is 12.7 Å². The highest BCUT2D eigenvalue weighted by Gasteiger charge is 2.01. The summed E-state index contributed by atoms with van der Waals surface area (Å²) in [4.78, 5) is 3.65. The van der Waals surface area contributed by atoms with Crippen LogP contribution in [-0.4, -0.2) is 4.98 Å². The zero-order valence-electron chi connectivity index (χ0n) is 5.71. The lowest BCUT2D eigenvalue weighted by atomic mass is 10.2. The van der Waals surface area contributed by atoms with Crippen molar-refractivity contribution < 1.29 is 4.39 Å². The van der Waals surface area contributed by atoms with Gasteiger partial charge in [-0.05, 0) is 6.07 Å². The normalized spacial score (nSPS) is 9.18. The predicted molar refractivity (Wildman–Crippen MR) is 36.8 cm³/mol. The molecule has 0 spiro atoms. The Morgan fingerprint density at radius 3 is 2.91 bits per heavy atom. The fraction of sp³-hybridized carbons (Fsp3) is 0.143. The van der Waals surface area contributed by atoms with E-state index in [2.05, 4.69) is 4.98 Å². The maximum Gasteiger partial charge on any atom is 0.147 e. The SMILES string of the molecule is N#Cc1cnc(CN)c(F)c1. The van der Waals surface area contributed by atoms with Gasteiger partial charge in [-0.25, -0.2) is 4.39 Å². The highest BCUT2D eigenvalue weighted by atomic mass is 19.1. The third-order valence-electron chi connectivity index (χ3n) is 1.24. The van der Waals surface area contributed by atoms with Gasteiger partial charge in [0.1, 0.15) is 11.9 Å². The van der Waals surface area contributed by atoms with Gasteiger partial charge in [0.2, 0.25) is 0 Å². The third kappa shape index (κ3) is 1.51. The van der Waals surface area contributed by atoms with Crippen LogP contribution in [0, 0.1) is 17.1 Å². The van der Waals surface area contributed by atoms with Crippen molar-refractivity contribution in [2.24, 2.45) is 5.73 Å². The molecular formula is C7H6FN3. The molecule has 0 aromatic carbocycles. The molecule has 56 valence electrons. The minimum absolute atomic E-state index is 0.0531. The Balaban J connectivity index is 3.12. The average molecular weight is 151 g/mol. The van der Waals surface area contributed by atoms with E-state index in [1.54, 1.807) is 6.07 Å². The van der Waals surface area contributed by atoms with E-state index >= 15 is 0 Å². The van der Waals surface area contributed by atoms with E-state index in [9.17, 15) is 4.39 Å². The second-order valence-corrected chi connectivity index (χ2v) is 1.97. The van der Waals surface area contributed by atoms with Gasteiger partial charge >= 0.3 is 0 Å². The first-order valence-corrected chi connectivity index (χ1v) is 3.02. The predicted octanol–water partition coefficient (Wildman–Crippen LogP) is 0.551. The topological polar surface area (TPSA) is 62.7 Å². The molecule has 2 N–H and O–H groups in total. The van der Waals surface area contributed by atoms with Gasteiger partial charge in [0.15, 0.2) is 0 Å². The number of nitrogens with zero attached hydrogens (tertiary/aromatic N) is 2. The van der Waals surface area contributed by atoms with E-state index in [1.807, 2.05) is 0 Å². The van der Waals surface area contributed by atoms with E-state index in [0.717, 1.165) is 6.07 Å². The summed E-state index contributed by atoms with van der Waals surface area (Å²) >= 11 is 0. The van der Waals surface area contributed by atoms with Gasteiger partial charge in [0.05, 0.1) is 11.3 Å². The molecule has 1 aromatic heterocycles.